The van der Waals surface area contributed by atoms with E-state index < -0.39 is 0 Å². The van der Waals surface area contributed by atoms with E-state index in [1.807, 2.05) is 6.92 Å². The van der Waals surface area contributed by atoms with E-state index in [1.54, 1.807) is 11.3 Å². The number of hydrogen-bond acceptors (Lipinski definition) is 5. The fourth-order valence-corrected chi connectivity index (χ4v) is 3.18. The second-order valence-corrected chi connectivity index (χ2v) is 5.20. The van der Waals surface area contributed by atoms with E-state index in [0.717, 1.165) is 34.6 Å². The summed E-state index contributed by atoms with van der Waals surface area (Å²) >= 11 is 1.58. The van der Waals surface area contributed by atoms with Gasteiger partial charge in [-0.25, -0.2) is 0 Å². The van der Waals surface area contributed by atoms with Crippen LogP contribution in [0.15, 0.2) is 4.52 Å². The third-order valence-corrected chi connectivity index (χ3v) is 4.11. The average Bonchev–Trinajstić information content (AvgIpc) is 2.92. The van der Waals surface area contributed by atoms with Crippen LogP contribution in [-0.4, -0.2) is 24.7 Å². The maximum absolute atomic E-state index is 10.9. The summed E-state index contributed by atoms with van der Waals surface area (Å²) in [6.45, 7) is 3.41. The van der Waals surface area contributed by atoms with Crippen LogP contribution in [0, 0.1) is 6.92 Å². The molecule has 3 rings (SSSR count). The molecule has 1 unspecified atom stereocenters. The first-order chi connectivity index (χ1) is 7.81. The minimum absolute atomic E-state index is 0.318. The highest BCUT2D eigenvalue weighted by Crippen LogP contribution is 2.37. The molecule has 1 aliphatic heterocycles. The molecule has 0 radical (unpaired) electrons. The zero-order chi connectivity index (χ0) is 11.1. The van der Waals surface area contributed by atoms with Gasteiger partial charge in [-0.1, -0.05) is 5.16 Å². The van der Waals surface area contributed by atoms with Crippen LogP contribution in [0.2, 0.25) is 0 Å². The number of fused-ring (bicyclic) bond motifs is 1. The summed E-state index contributed by atoms with van der Waals surface area (Å²) in [5.74, 6) is 0.318. The second-order valence-electron chi connectivity index (χ2n) is 3.98. The van der Waals surface area contributed by atoms with E-state index in [4.69, 9.17) is 9.26 Å². The van der Waals surface area contributed by atoms with Crippen molar-refractivity contribution in [1.29, 1.82) is 0 Å². The lowest BCUT2D eigenvalue weighted by Gasteiger charge is -2.00. The lowest BCUT2D eigenvalue weighted by molar-refractivity contribution is 0.112. The van der Waals surface area contributed by atoms with Crippen molar-refractivity contribution in [3.05, 3.63) is 16.1 Å². The largest absolute Gasteiger partial charge is 0.381 e. The number of carbonyl (C=O) groups is 1. The molecule has 0 aliphatic carbocycles. The Hall–Kier alpha value is -1.20. The molecular weight excluding hydrogens is 226 g/mol. The molecule has 84 valence electrons. The van der Waals surface area contributed by atoms with E-state index in [0.29, 0.717) is 23.7 Å². The molecule has 1 aliphatic rings. The summed E-state index contributed by atoms with van der Waals surface area (Å²) in [5, 5.41) is 4.08. The minimum atomic E-state index is 0.318. The maximum Gasteiger partial charge on any atom is 0.188 e. The van der Waals surface area contributed by atoms with E-state index in [-0.39, 0.29) is 0 Å². The summed E-state index contributed by atoms with van der Waals surface area (Å²) in [4.78, 5) is 11.9. The smallest absolute Gasteiger partial charge is 0.188 e. The highest BCUT2D eigenvalue weighted by molar-refractivity contribution is 7.19. The van der Waals surface area contributed by atoms with Crippen molar-refractivity contribution >= 4 is 27.9 Å². The molecule has 3 heterocycles. The van der Waals surface area contributed by atoms with Crippen LogP contribution in [0.5, 0.6) is 0 Å². The van der Waals surface area contributed by atoms with Crippen LogP contribution in [0.1, 0.15) is 33.3 Å². The van der Waals surface area contributed by atoms with Crippen molar-refractivity contribution in [1.82, 2.24) is 5.16 Å². The molecule has 2 aromatic heterocycles. The van der Waals surface area contributed by atoms with E-state index in [1.165, 1.54) is 0 Å². The summed E-state index contributed by atoms with van der Waals surface area (Å²) < 4.78 is 11.6. The molecule has 0 aromatic carbocycles. The standard InChI is InChI=1S/C11H11NO3S/c1-6-8(4-13)10-11(16-6)9(12-15-10)7-2-3-14-5-7/h4,7H,2-3,5H2,1H3. The zero-order valence-corrected chi connectivity index (χ0v) is 9.67. The lowest BCUT2D eigenvalue weighted by atomic mass is 10.1. The van der Waals surface area contributed by atoms with Gasteiger partial charge in [0.2, 0.25) is 0 Å². The van der Waals surface area contributed by atoms with Crippen LogP contribution < -0.4 is 0 Å². The second kappa shape index (κ2) is 3.68. The van der Waals surface area contributed by atoms with Crippen LogP contribution in [0.25, 0.3) is 10.3 Å². The Balaban J connectivity index is 2.16. The molecule has 0 spiro atoms. The Bertz CT molecular complexity index is 537. The topological polar surface area (TPSA) is 52.3 Å². The Morgan fingerprint density at radius 3 is 3.12 bits per heavy atom. The van der Waals surface area contributed by atoms with Crippen LogP contribution in [-0.2, 0) is 4.74 Å². The molecule has 0 saturated carbocycles. The van der Waals surface area contributed by atoms with E-state index in [2.05, 4.69) is 5.16 Å². The number of aromatic nitrogens is 1. The van der Waals surface area contributed by atoms with Crippen LogP contribution >= 0.6 is 11.3 Å². The molecule has 0 N–H and O–H groups in total. The highest BCUT2D eigenvalue weighted by Gasteiger charge is 2.26. The molecule has 0 amide bonds. The number of carbonyl (C=O) groups excluding carboxylic acids is 1. The fraction of sp³-hybridized carbons (Fsp3) is 0.455. The Morgan fingerprint density at radius 1 is 1.56 bits per heavy atom. The zero-order valence-electron chi connectivity index (χ0n) is 8.86. The van der Waals surface area contributed by atoms with Gasteiger partial charge in [-0.15, -0.1) is 11.3 Å². The molecule has 16 heavy (non-hydrogen) atoms. The van der Waals surface area contributed by atoms with Gasteiger partial charge in [0.1, 0.15) is 5.69 Å². The van der Waals surface area contributed by atoms with Gasteiger partial charge in [0.25, 0.3) is 0 Å². The lowest BCUT2D eigenvalue weighted by Crippen LogP contribution is -1.97. The van der Waals surface area contributed by atoms with Crippen molar-refractivity contribution < 1.29 is 14.1 Å². The minimum Gasteiger partial charge on any atom is -0.381 e. The summed E-state index contributed by atoms with van der Waals surface area (Å²) in [5.41, 5.74) is 2.23. The Labute approximate surface area is 96.2 Å². The predicted molar refractivity (Wildman–Crippen MR) is 60.2 cm³/mol. The fourth-order valence-electron chi connectivity index (χ4n) is 2.08. The van der Waals surface area contributed by atoms with Gasteiger partial charge in [-0.3, -0.25) is 4.79 Å². The Morgan fingerprint density at radius 2 is 2.44 bits per heavy atom. The third kappa shape index (κ3) is 1.32. The van der Waals surface area contributed by atoms with Crippen molar-refractivity contribution in [3.63, 3.8) is 0 Å². The number of nitrogens with zero attached hydrogens (tertiary/aromatic N) is 1. The van der Waals surface area contributed by atoms with Crippen LogP contribution in [0.3, 0.4) is 0 Å². The van der Waals surface area contributed by atoms with Gasteiger partial charge >= 0.3 is 0 Å². The molecule has 1 saturated heterocycles. The average molecular weight is 237 g/mol. The number of aryl methyl sites for hydroxylation is 1. The normalized spacial score (nSPS) is 20.7. The number of hydrogen-bond donors (Lipinski definition) is 0. The monoisotopic (exact) mass is 237 g/mol. The van der Waals surface area contributed by atoms with Gasteiger partial charge in [0.15, 0.2) is 11.9 Å². The van der Waals surface area contributed by atoms with Crippen molar-refractivity contribution in [2.45, 2.75) is 19.3 Å². The van der Waals surface area contributed by atoms with Gasteiger partial charge in [0, 0.05) is 17.4 Å². The quantitative estimate of drug-likeness (QED) is 0.753. The molecule has 1 atom stereocenters. The molecule has 5 heteroatoms. The third-order valence-electron chi connectivity index (χ3n) is 2.99. The first-order valence-electron chi connectivity index (χ1n) is 5.23. The highest BCUT2D eigenvalue weighted by atomic mass is 32.1. The first kappa shape index (κ1) is 9.99. The van der Waals surface area contributed by atoms with Gasteiger partial charge < -0.3 is 9.26 Å². The van der Waals surface area contributed by atoms with Crippen LogP contribution in [0.4, 0.5) is 0 Å². The number of aldehydes is 1. The van der Waals surface area contributed by atoms with Gasteiger partial charge in [0.05, 0.1) is 16.9 Å². The SMILES string of the molecule is Cc1sc2c(C3CCOC3)noc2c1C=O. The van der Waals surface area contributed by atoms with Crippen molar-refractivity contribution in [2.75, 3.05) is 13.2 Å². The molecule has 0 bridgehead atoms. The summed E-state index contributed by atoms with van der Waals surface area (Å²) in [7, 11) is 0. The summed E-state index contributed by atoms with van der Waals surface area (Å²) in [6.07, 6.45) is 1.82. The molecule has 2 aromatic rings. The molecule has 1 fully saturated rings. The number of rotatable bonds is 2. The first-order valence-corrected chi connectivity index (χ1v) is 6.04. The van der Waals surface area contributed by atoms with Gasteiger partial charge in [-0.2, -0.15) is 0 Å². The number of ether oxygens (including phenoxy) is 1. The van der Waals surface area contributed by atoms with Gasteiger partial charge in [-0.05, 0) is 13.3 Å². The van der Waals surface area contributed by atoms with E-state index >= 15 is 0 Å². The predicted octanol–water partition coefficient (Wildman–Crippen LogP) is 2.51. The molecular formula is C11H11NO3S. The van der Waals surface area contributed by atoms with Crippen molar-refractivity contribution in [2.24, 2.45) is 0 Å². The molecule has 4 nitrogen and oxygen atoms in total. The van der Waals surface area contributed by atoms with Crippen molar-refractivity contribution in [3.8, 4) is 0 Å². The van der Waals surface area contributed by atoms with E-state index in [9.17, 15) is 4.79 Å². The number of thiophene rings is 1. The Kier molecular flexibility index (Phi) is 2.29. The summed E-state index contributed by atoms with van der Waals surface area (Å²) in [6, 6.07) is 0. The maximum atomic E-state index is 10.9.